The highest BCUT2D eigenvalue weighted by Crippen LogP contribution is 2.25. The summed E-state index contributed by atoms with van der Waals surface area (Å²) in [5, 5.41) is 2.99. The van der Waals surface area contributed by atoms with Crippen LogP contribution in [0.4, 0.5) is 4.39 Å². The first-order valence-corrected chi connectivity index (χ1v) is 11.2. The summed E-state index contributed by atoms with van der Waals surface area (Å²) < 4.78 is 13.2. The Morgan fingerprint density at radius 3 is 2.06 bits per heavy atom. The minimum absolute atomic E-state index is 0.0323. The second kappa shape index (κ2) is 9.94. The number of likely N-dealkylation sites (tertiary alicyclic amines) is 2. The first kappa shape index (κ1) is 22.0. The molecule has 0 spiro atoms. The molecular weight excluding hydrogens is 409 g/mol. The molecule has 2 aromatic carbocycles. The van der Waals surface area contributed by atoms with Crippen LogP contribution in [0.3, 0.4) is 0 Å². The van der Waals surface area contributed by atoms with E-state index in [0.717, 1.165) is 25.9 Å². The van der Waals surface area contributed by atoms with Crippen LogP contribution in [-0.4, -0.2) is 59.7 Å². The van der Waals surface area contributed by atoms with E-state index in [-0.39, 0.29) is 29.5 Å². The number of nitrogens with zero attached hydrogens (tertiary/aromatic N) is 2. The molecule has 1 unspecified atom stereocenters. The Bertz CT molecular complexity index is 950. The van der Waals surface area contributed by atoms with Crippen molar-refractivity contribution < 1.29 is 18.8 Å². The number of halogens is 1. The molecule has 0 radical (unpaired) electrons. The number of carbonyl (C=O) groups is 3. The zero-order valence-electron chi connectivity index (χ0n) is 18.0. The minimum Gasteiger partial charge on any atom is -0.341 e. The van der Waals surface area contributed by atoms with Crippen molar-refractivity contribution in [2.75, 3.05) is 26.2 Å². The van der Waals surface area contributed by atoms with Crippen molar-refractivity contribution in [2.24, 2.45) is 5.92 Å². The monoisotopic (exact) mass is 437 g/mol. The van der Waals surface area contributed by atoms with Gasteiger partial charge < -0.3 is 15.1 Å². The molecule has 7 heteroatoms. The summed E-state index contributed by atoms with van der Waals surface area (Å²) in [5.74, 6) is -0.854. The van der Waals surface area contributed by atoms with E-state index in [1.165, 1.54) is 24.3 Å². The Morgan fingerprint density at radius 1 is 0.812 bits per heavy atom. The largest absolute Gasteiger partial charge is 0.341 e. The van der Waals surface area contributed by atoms with E-state index in [1.54, 1.807) is 29.2 Å². The normalized spacial score (nSPS) is 17.8. The topological polar surface area (TPSA) is 69.7 Å². The summed E-state index contributed by atoms with van der Waals surface area (Å²) in [6.45, 7) is 2.43. The molecule has 2 fully saturated rings. The maximum atomic E-state index is 13.3. The van der Waals surface area contributed by atoms with Crippen LogP contribution in [0.5, 0.6) is 0 Å². The van der Waals surface area contributed by atoms with Crippen LogP contribution < -0.4 is 5.32 Å². The molecule has 168 valence electrons. The van der Waals surface area contributed by atoms with Crippen LogP contribution in [0.2, 0.25) is 0 Å². The van der Waals surface area contributed by atoms with Gasteiger partial charge in [0.2, 0.25) is 5.91 Å². The molecule has 2 aromatic rings. The van der Waals surface area contributed by atoms with Crippen LogP contribution in [0, 0.1) is 11.7 Å². The van der Waals surface area contributed by atoms with Gasteiger partial charge in [0, 0.05) is 37.3 Å². The molecule has 0 aromatic heterocycles. The van der Waals surface area contributed by atoms with Gasteiger partial charge in [-0.2, -0.15) is 0 Å². The molecule has 0 saturated carbocycles. The van der Waals surface area contributed by atoms with Gasteiger partial charge in [-0.25, -0.2) is 4.39 Å². The lowest BCUT2D eigenvalue weighted by molar-refractivity contribution is -0.134. The standard InChI is InChI=1S/C25H28FN3O3/c26-21-10-8-20(9-11-21)24(31)29-16-12-18(13-17-29)22(25(32)28-14-4-5-15-28)27-23(30)19-6-2-1-3-7-19/h1-3,6-11,18,22H,4-5,12-17H2,(H,27,30). The summed E-state index contributed by atoms with van der Waals surface area (Å²) in [7, 11) is 0. The van der Waals surface area contributed by atoms with Gasteiger partial charge in [0.05, 0.1) is 0 Å². The molecule has 1 N–H and O–H groups in total. The van der Waals surface area contributed by atoms with Crippen molar-refractivity contribution >= 4 is 17.7 Å². The third-order valence-corrected chi connectivity index (χ3v) is 6.40. The fourth-order valence-electron chi connectivity index (χ4n) is 4.54. The SMILES string of the molecule is O=C(NC(C(=O)N1CCCC1)C1CCN(C(=O)c2ccc(F)cc2)CC1)c1ccccc1. The van der Waals surface area contributed by atoms with Crippen LogP contribution in [0.1, 0.15) is 46.4 Å². The highest BCUT2D eigenvalue weighted by atomic mass is 19.1. The molecule has 0 aliphatic carbocycles. The molecule has 3 amide bonds. The van der Waals surface area contributed by atoms with Gasteiger partial charge in [-0.3, -0.25) is 14.4 Å². The summed E-state index contributed by atoms with van der Waals surface area (Å²) in [5.41, 5.74) is 0.975. The quantitative estimate of drug-likeness (QED) is 0.782. The third kappa shape index (κ3) is 4.98. The van der Waals surface area contributed by atoms with Crippen LogP contribution in [0.25, 0.3) is 0 Å². The summed E-state index contributed by atoms with van der Waals surface area (Å²) in [4.78, 5) is 42.4. The fourth-order valence-corrected chi connectivity index (χ4v) is 4.54. The summed E-state index contributed by atoms with van der Waals surface area (Å²) in [6.07, 6.45) is 3.20. The number of rotatable bonds is 5. The van der Waals surface area contributed by atoms with Gasteiger partial charge in [-0.05, 0) is 68.0 Å². The molecule has 2 aliphatic rings. The van der Waals surface area contributed by atoms with Crippen LogP contribution >= 0.6 is 0 Å². The van der Waals surface area contributed by atoms with Crippen LogP contribution in [0.15, 0.2) is 54.6 Å². The van der Waals surface area contributed by atoms with Crippen molar-refractivity contribution in [1.82, 2.24) is 15.1 Å². The smallest absolute Gasteiger partial charge is 0.253 e. The average molecular weight is 438 g/mol. The molecule has 2 saturated heterocycles. The van der Waals surface area contributed by atoms with Crippen LogP contribution in [-0.2, 0) is 4.79 Å². The Labute approximate surface area is 187 Å². The third-order valence-electron chi connectivity index (χ3n) is 6.40. The zero-order chi connectivity index (χ0) is 22.5. The fraction of sp³-hybridized carbons (Fsp3) is 0.400. The van der Waals surface area contributed by atoms with Crippen molar-refractivity contribution in [3.05, 3.63) is 71.5 Å². The summed E-state index contributed by atoms with van der Waals surface area (Å²) >= 11 is 0. The number of nitrogens with one attached hydrogen (secondary N) is 1. The second-order valence-electron chi connectivity index (χ2n) is 8.49. The number of hydrogen-bond donors (Lipinski definition) is 1. The minimum atomic E-state index is -0.608. The Kier molecular flexibility index (Phi) is 6.83. The molecule has 4 rings (SSSR count). The van der Waals surface area contributed by atoms with Gasteiger partial charge >= 0.3 is 0 Å². The van der Waals surface area contributed by atoms with Crippen molar-refractivity contribution in [3.8, 4) is 0 Å². The van der Waals surface area contributed by atoms with Gasteiger partial charge in [0.1, 0.15) is 11.9 Å². The molecule has 6 nitrogen and oxygen atoms in total. The van der Waals surface area contributed by atoms with Gasteiger partial charge in [-0.1, -0.05) is 18.2 Å². The van der Waals surface area contributed by atoms with Gasteiger partial charge in [0.25, 0.3) is 11.8 Å². The summed E-state index contributed by atoms with van der Waals surface area (Å²) in [6, 6.07) is 13.8. The van der Waals surface area contributed by atoms with Crippen molar-refractivity contribution in [3.63, 3.8) is 0 Å². The predicted octanol–water partition coefficient (Wildman–Crippen LogP) is 3.10. The number of hydrogen-bond acceptors (Lipinski definition) is 3. The van der Waals surface area contributed by atoms with Crippen molar-refractivity contribution in [1.29, 1.82) is 0 Å². The first-order valence-electron chi connectivity index (χ1n) is 11.2. The lowest BCUT2D eigenvalue weighted by atomic mass is 9.88. The zero-order valence-corrected chi connectivity index (χ0v) is 18.0. The van der Waals surface area contributed by atoms with E-state index < -0.39 is 6.04 Å². The predicted molar refractivity (Wildman–Crippen MR) is 119 cm³/mol. The maximum absolute atomic E-state index is 13.3. The Hall–Kier alpha value is -3.22. The van der Waals surface area contributed by atoms with E-state index in [0.29, 0.717) is 37.1 Å². The first-order chi connectivity index (χ1) is 15.5. The second-order valence-corrected chi connectivity index (χ2v) is 8.49. The van der Waals surface area contributed by atoms with E-state index >= 15 is 0 Å². The Balaban J connectivity index is 1.44. The van der Waals surface area contributed by atoms with E-state index in [4.69, 9.17) is 0 Å². The molecular formula is C25H28FN3O3. The maximum Gasteiger partial charge on any atom is 0.253 e. The number of piperidine rings is 1. The van der Waals surface area contributed by atoms with Crippen molar-refractivity contribution in [2.45, 2.75) is 31.7 Å². The lowest BCUT2D eigenvalue weighted by Crippen LogP contribution is -2.54. The van der Waals surface area contributed by atoms with E-state index in [1.807, 2.05) is 11.0 Å². The molecule has 1 atom stereocenters. The molecule has 0 bridgehead atoms. The number of benzene rings is 2. The lowest BCUT2D eigenvalue weighted by Gasteiger charge is -2.37. The molecule has 2 aliphatic heterocycles. The number of amides is 3. The van der Waals surface area contributed by atoms with E-state index in [9.17, 15) is 18.8 Å². The number of carbonyl (C=O) groups excluding carboxylic acids is 3. The molecule has 2 heterocycles. The Morgan fingerprint density at radius 2 is 1.44 bits per heavy atom. The molecule has 32 heavy (non-hydrogen) atoms. The van der Waals surface area contributed by atoms with Gasteiger partial charge in [-0.15, -0.1) is 0 Å². The highest BCUT2D eigenvalue weighted by Gasteiger charge is 2.37. The van der Waals surface area contributed by atoms with Gasteiger partial charge in [0.15, 0.2) is 0 Å². The highest BCUT2D eigenvalue weighted by molar-refractivity contribution is 5.97. The average Bonchev–Trinajstić information content (AvgIpc) is 3.38. The van der Waals surface area contributed by atoms with E-state index in [2.05, 4.69) is 5.32 Å².